The van der Waals surface area contributed by atoms with Crippen LogP contribution in [0.5, 0.6) is 0 Å². The zero-order valence-corrected chi connectivity index (χ0v) is 15.7. The third-order valence-electron chi connectivity index (χ3n) is 4.16. The van der Waals surface area contributed by atoms with Crippen molar-refractivity contribution in [2.24, 2.45) is 0 Å². The first-order chi connectivity index (χ1) is 13.2. The Morgan fingerprint density at radius 3 is 2.81 bits per heavy atom. The molecule has 0 amide bonds. The number of hydrogen-bond donors (Lipinski definition) is 0. The molecule has 136 valence electrons. The van der Waals surface area contributed by atoms with E-state index in [-0.39, 0.29) is 6.61 Å². The molecule has 0 spiro atoms. The average molecular weight is 379 g/mol. The average Bonchev–Trinajstić information content (AvgIpc) is 3.35. The molecule has 0 aliphatic rings. The molecule has 0 unspecified atom stereocenters. The van der Waals surface area contributed by atoms with Crippen LogP contribution in [-0.2, 0) is 17.8 Å². The fraction of sp³-hybridized carbons (Fsp3) is 0.211. The molecule has 0 fully saturated rings. The van der Waals surface area contributed by atoms with Crippen LogP contribution in [0.4, 0.5) is 0 Å². The Morgan fingerprint density at radius 2 is 2.04 bits per heavy atom. The van der Waals surface area contributed by atoms with E-state index in [4.69, 9.17) is 4.74 Å². The monoisotopic (exact) mass is 379 g/mol. The summed E-state index contributed by atoms with van der Waals surface area (Å²) in [4.78, 5) is 25.3. The van der Waals surface area contributed by atoms with Gasteiger partial charge in [-0.3, -0.25) is 0 Å². The second kappa shape index (κ2) is 7.24. The number of aromatic nitrogens is 5. The molecule has 4 rings (SSSR count). The molecule has 0 bridgehead atoms. The van der Waals surface area contributed by atoms with Crippen LogP contribution in [-0.4, -0.2) is 30.5 Å². The molecular weight excluding hydrogens is 362 g/mol. The summed E-state index contributed by atoms with van der Waals surface area (Å²) in [7, 11) is 0. The number of fused-ring (bicyclic) bond motifs is 1. The third kappa shape index (κ3) is 3.43. The molecule has 4 aromatic rings. The number of rotatable bonds is 5. The van der Waals surface area contributed by atoms with Crippen molar-refractivity contribution < 1.29 is 9.53 Å². The van der Waals surface area contributed by atoms with Gasteiger partial charge in [-0.2, -0.15) is 10.1 Å². The summed E-state index contributed by atoms with van der Waals surface area (Å²) in [5, 5.41) is 6.93. The minimum atomic E-state index is -0.443. The Bertz CT molecular complexity index is 1100. The summed E-state index contributed by atoms with van der Waals surface area (Å²) in [6.07, 6.45) is 3.52. The Morgan fingerprint density at radius 1 is 1.22 bits per heavy atom. The van der Waals surface area contributed by atoms with Crippen molar-refractivity contribution in [1.29, 1.82) is 0 Å². The largest absolute Gasteiger partial charge is 0.455 e. The predicted molar refractivity (Wildman–Crippen MR) is 102 cm³/mol. The highest BCUT2D eigenvalue weighted by Gasteiger charge is 2.17. The maximum atomic E-state index is 12.5. The predicted octanol–water partition coefficient (Wildman–Crippen LogP) is 3.48. The highest BCUT2D eigenvalue weighted by molar-refractivity contribution is 7.13. The van der Waals surface area contributed by atoms with Gasteiger partial charge in [0.25, 0.3) is 5.78 Å². The van der Waals surface area contributed by atoms with Gasteiger partial charge < -0.3 is 4.74 Å². The van der Waals surface area contributed by atoms with E-state index in [1.807, 2.05) is 31.4 Å². The number of aryl methyl sites for hydroxylation is 2. The number of esters is 1. The smallest absolute Gasteiger partial charge is 0.341 e. The number of benzene rings is 1. The van der Waals surface area contributed by atoms with E-state index in [1.54, 1.807) is 4.52 Å². The van der Waals surface area contributed by atoms with E-state index in [0.717, 1.165) is 22.0 Å². The zero-order valence-electron chi connectivity index (χ0n) is 14.9. The van der Waals surface area contributed by atoms with E-state index in [1.165, 1.54) is 29.4 Å². The second-order valence-electron chi connectivity index (χ2n) is 6.03. The van der Waals surface area contributed by atoms with Gasteiger partial charge in [0.1, 0.15) is 17.9 Å². The molecule has 7 nitrogen and oxygen atoms in total. The van der Waals surface area contributed by atoms with Crippen LogP contribution in [0.25, 0.3) is 16.3 Å². The summed E-state index contributed by atoms with van der Waals surface area (Å²) in [5.41, 5.74) is 4.09. The summed E-state index contributed by atoms with van der Waals surface area (Å²) in [6, 6.07) is 8.18. The number of hydrogen-bond acceptors (Lipinski definition) is 7. The highest BCUT2D eigenvalue weighted by atomic mass is 32.1. The fourth-order valence-electron chi connectivity index (χ4n) is 2.75. The summed E-state index contributed by atoms with van der Waals surface area (Å²) in [5.74, 6) is 0.0206. The van der Waals surface area contributed by atoms with Gasteiger partial charge in [0.15, 0.2) is 0 Å². The lowest BCUT2D eigenvalue weighted by Crippen LogP contribution is -2.13. The van der Waals surface area contributed by atoms with Gasteiger partial charge in [0, 0.05) is 17.1 Å². The number of thiazole rings is 1. The first-order valence-corrected chi connectivity index (χ1v) is 9.40. The number of carbonyl (C=O) groups is 1. The Hall–Kier alpha value is -3.13. The molecule has 0 saturated heterocycles. The third-order valence-corrected chi connectivity index (χ3v) is 5.10. The van der Waals surface area contributed by atoms with Crippen molar-refractivity contribution in [3.05, 3.63) is 64.7 Å². The number of carbonyl (C=O) groups excluding carboxylic acids is 1. The Kier molecular flexibility index (Phi) is 4.64. The molecule has 27 heavy (non-hydrogen) atoms. The standard InChI is InChI=1S/C19H17N5O2S/c1-3-16-15(8-20-19-21-11-22-24(16)19)18(25)26-9-14-10-27-17(23-14)13-6-4-12(2)5-7-13/h4-8,10-11H,3,9H2,1-2H3. The van der Waals surface area contributed by atoms with Gasteiger partial charge >= 0.3 is 5.97 Å². The van der Waals surface area contributed by atoms with E-state index in [9.17, 15) is 4.79 Å². The summed E-state index contributed by atoms with van der Waals surface area (Å²) in [6.45, 7) is 4.11. The molecule has 8 heteroatoms. The molecule has 3 aromatic heterocycles. The van der Waals surface area contributed by atoms with Gasteiger partial charge in [-0.25, -0.2) is 19.3 Å². The molecule has 0 aliphatic heterocycles. The van der Waals surface area contributed by atoms with Crippen molar-refractivity contribution in [3.8, 4) is 10.6 Å². The van der Waals surface area contributed by atoms with Crippen LogP contribution in [0.2, 0.25) is 0 Å². The lowest BCUT2D eigenvalue weighted by molar-refractivity contribution is 0.0465. The van der Waals surface area contributed by atoms with E-state index in [0.29, 0.717) is 17.8 Å². The lowest BCUT2D eigenvalue weighted by atomic mass is 10.2. The van der Waals surface area contributed by atoms with Gasteiger partial charge in [0.05, 0.1) is 17.0 Å². The Balaban J connectivity index is 1.49. The fourth-order valence-corrected chi connectivity index (χ4v) is 3.57. The molecule has 0 N–H and O–H groups in total. The van der Waals surface area contributed by atoms with Crippen molar-refractivity contribution in [2.75, 3.05) is 0 Å². The minimum absolute atomic E-state index is 0.111. The van der Waals surface area contributed by atoms with Crippen LogP contribution >= 0.6 is 11.3 Å². The van der Waals surface area contributed by atoms with E-state index >= 15 is 0 Å². The summed E-state index contributed by atoms with van der Waals surface area (Å²) >= 11 is 1.53. The molecule has 0 atom stereocenters. The second-order valence-corrected chi connectivity index (χ2v) is 6.89. The van der Waals surface area contributed by atoms with Crippen molar-refractivity contribution in [2.45, 2.75) is 26.9 Å². The molecular formula is C19H17N5O2S. The van der Waals surface area contributed by atoms with Gasteiger partial charge in [-0.05, 0) is 13.3 Å². The molecule has 0 saturated carbocycles. The van der Waals surface area contributed by atoms with E-state index in [2.05, 4.69) is 32.2 Å². The normalized spacial score (nSPS) is 11.0. The molecule has 0 radical (unpaired) electrons. The number of ether oxygens (including phenoxy) is 1. The summed E-state index contributed by atoms with van der Waals surface area (Å²) < 4.78 is 7.02. The number of nitrogens with zero attached hydrogens (tertiary/aromatic N) is 5. The highest BCUT2D eigenvalue weighted by Crippen LogP contribution is 2.24. The van der Waals surface area contributed by atoms with E-state index < -0.39 is 5.97 Å². The van der Waals surface area contributed by atoms with Gasteiger partial charge in [-0.15, -0.1) is 11.3 Å². The SMILES string of the molecule is CCc1c(C(=O)OCc2csc(-c3ccc(C)cc3)n2)cnc2ncnn12. The molecule has 3 heterocycles. The lowest BCUT2D eigenvalue weighted by Gasteiger charge is -2.08. The maximum absolute atomic E-state index is 12.5. The van der Waals surface area contributed by atoms with Crippen molar-refractivity contribution in [1.82, 2.24) is 24.6 Å². The minimum Gasteiger partial charge on any atom is -0.455 e. The van der Waals surface area contributed by atoms with Gasteiger partial charge in [0.2, 0.25) is 0 Å². The zero-order chi connectivity index (χ0) is 18.8. The van der Waals surface area contributed by atoms with Crippen LogP contribution in [0.15, 0.2) is 42.2 Å². The maximum Gasteiger partial charge on any atom is 0.341 e. The van der Waals surface area contributed by atoms with Gasteiger partial charge in [-0.1, -0.05) is 36.8 Å². The van der Waals surface area contributed by atoms with Crippen molar-refractivity contribution in [3.63, 3.8) is 0 Å². The van der Waals surface area contributed by atoms with Crippen LogP contribution in [0.3, 0.4) is 0 Å². The van der Waals surface area contributed by atoms with Crippen LogP contribution < -0.4 is 0 Å². The Labute approximate surface area is 159 Å². The molecule has 1 aromatic carbocycles. The van der Waals surface area contributed by atoms with Crippen LogP contribution in [0.1, 0.15) is 34.2 Å². The topological polar surface area (TPSA) is 82.3 Å². The molecule has 0 aliphatic carbocycles. The first kappa shape index (κ1) is 17.3. The first-order valence-electron chi connectivity index (χ1n) is 8.52. The van der Waals surface area contributed by atoms with Crippen LogP contribution in [0, 0.1) is 6.92 Å². The quantitative estimate of drug-likeness (QED) is 0.494. The van der Waals surface area contributed by atoms with Crippen molar-refractivity contribution >= 4 is 23.1 Å².